The second-order valence-corrected chi connectivity index (χ2v) is 7.42. The minimum absolute atomic E-state index is 0.138. The number of allylic oxidation sites excluding steroid dienone is 1. The lowest BCUT2D eigenvalue weighted by Gasteiger charge is -2.34. The molecule has 0 radical (unpaired) electrons. The molecule has 0 unspecified atom stereocenters. The van der Waals surface area contributed by atoms with E-state index in [1.54, 1.807) is 11.1 Å². The van der Waals surface area contributed by atoms with Gasteiger partial charge in [0.15, 0.2) is 5.69 Å². The second kappa shape index (κ2) is 10.4. The van der Waals surface area contributed by atoms with E-state index in [1.807, 2.05) is 6.92 Å². The van der Waals surface area contributed by atoms with Crippen LogP contribution in [0.2, 0.25) is 0 Å². The summed E-state index contributed by atoms with van der Waals surface area (Å²) >= 11 is 0. The number of amides is 1. The van der Waals surface area contributed by atoms with E-state index in [0.717, 1.165) is 36.3 Å². The molecule has 3 rings (SSSR count). The highest BCUT2D eigenvalue weighted by Gasteiger charge is 2.23. The van der Waals surface area contributed by atoms with Crippen molar-refractivity contribution in [2.45, 2.75) is 19.9 Å². The molecule has 0 spiro atoms. The van der Waals surface area contributed by atoms with Gasteiger partial charge in [-0.25, -0.2) is 14.6 Å². The lowest BCUT2D eigenvalue weighted by Crippen LogP contribution is -2.49. The Hall–Kier alpha value is -3.59. The second-order valence-electron chi connectivity index (χ2n) is 7.42. The quantitative estimate of drug-likeness (QED) is 0.546. The number of aromatic carboxylic acids is 1. The lowest BCUT2D eigenvalue weighted by molar-refractivity contribution is 0.0689. The van der Waals surface area contributed by atoms with Crippen LogP contribution in [-0.4, -0.2) is 75.9 Å². The summed E-state index contributed by atoms with van der Waals surface area (Å²) in [6.07, 6.45) is 5.41. The van der Waals surface area contributed by atoms with Gasteiger partial charge in [0, 0.05) is 45.1 Å². The van der Waals surface area contributed by atoms with Crippen molar-refractivity contribution in [1.82, 2.24) is 19.6 Å². The van der Waals surface area contributed by atoms with Gasteiger partial charge in [-0.15, -0.1) is 0 Å². The van der Waals surface area contributed by atoms with E-state index >= 15 is 0 Å². The van der Waals surface area contributed by atoms with Crippen LogP contribution in [0.15, 0.2) is 58.3 Å². The van der Waals surface area contributed by atoms with Crippen LogP contribution < -0.4 is 0 Å². The molecular weight excluding hydrogens is 396 g/mol. The molecule has 1 aliphatic heterocycles. The monoisotopic (exact) mass is 422 g/mol. The number of hydrogen-bond donors (Lipinski definition) is 1. The number of carboxylic acid groups (broad SMARTS) is 1. The fourth-order valence-corrected chi connectivity index (χ4v) is 3.46. The zero-order valence-electron chi connectivity index (χ0n) is 17.5. The van der Waals surface area contributed by atoms with Crippen LogP contribution in [0, 0.1) is 0 Å². The van der Waals surface area contributed by atoms with Crippen LogP contribution in [0.3, 0.4) is 0 Å². The maximum absolute atomic E-state index is 12.5. The van der Waals surface area contributed by atoms with Gasteiger partial charge in [0.2, 0.25) is 0 Å². The number of aromatic nitrogens is 2. The molecule has 1 saturated heterocycles. The van der Waals surface area contributed by atoms with Crippen LogP contribution in [0.1, 0.15) is 28.5 Å². The van der Waals surface area contributed by atoms with E-state index < -0.39 is 5.97 Å². The fraction of sp³-hybridized carbons (Fsp3) is 0.318. The summed E-state index contributed by atoms with van der Waals surface area (Å²) in [4.78, 5) is 35.1. The molecule has 0 aliphatic carbocycles. The largest absolute Gasteiger partial charge is 0.476 e. The first kappa shape index (κ1) is 22.1. The summed E-state index contributed by atoms with van der Waals surface area (Å²) in [7, 11) is 0. The summed E-state index contributed by atoms with van der Waals surface area (Å²) in [6.45, 7) is 8.82. The van der Waals surface area contributed by atoms with Gasteiger partial charge in [-0.2, -0.15) is 9.78 Å². The zero-order valence-corrected chi connectivity index (χ0v) is 17.5. The van der Waals surface area contributed by atoms with Crippen molar-refractivity contribution >= 4 is 25.1 Å². The number of piperazine rings is 1. The molecule has 9 nitrogen and oxygen atoms in total. The number of rotatable bonds is 7. The lowest BCUT2D eigenvalue weighted by atomic mass is 10.0. The molecular formula is C22H26N6O3. The summed E-state index contributed by atoms with van der Waals surface area (Å²) in [6, 6.07) is 9.49. The van der Waals surface area contributed by atoms with E-state index in [-0.39, 0.29) is 11.7 Å². The van der Waals surface area contributed by atoms with Crippen molar-refractivity contribution in [3.8, 4) is 0 Å². The minimum atomic E-state index is -1.15. The van der Waals surface area contributed by atoms with E-state index in [1.165, 1.54) is 29.7 Å². The summed E-state index contributed by atoms with van der Waals surface area (Å²) in [5.41, 5.74) is 3.43. The summed E-state index contributed by atoms with van der Waals surface area (Å²) in [5, 5.41) is 12.8. The van der Waals surface area contributed by atoms with Gasteiger partial charge in [-0.1, -0.05) is 29.8 Å². The Morgan fingerprint density at radius 3 is 2.61 bits per heavy atom. The molecule has 1 N–H and O–H groups in total. The van der Waals surface area contributed by atoms with Crippen LogP contribution in [0.25, 0.3) is 0 Å². The average molecular weight is 422 g/mol. The molecule has 1 fully saturated rings. The van der Waals surface area contributed by atoms with Crippen molar-refractivity contribution in [2.24, 2.45) is 9.98 Å². The van der Waals surface area contributed by atoms with Gasteiger partial charge in [0.25, 0.3) is 0 Å². The number of hydrogen-bond acceptors (Lipinski definition) is 5. The summed E-state index contributed by atoms with van der Waals surface area (Å²) in [5.74, 6) is -1.15. The van der Waals surface area contributed by atoms with E-state index in [2.05, 4.69) is 51.0 Å². The highest BCUT2D eigenvalue weighted by Crippen LogP contribution is 2.14. The SMILES string of the molecule is C=NC=N/C=C(\C)Cc1cccc(CN2CCN(C(=O)n3ccc(C(=O)O)n3)CC2)c1. The average Bonchev–Trinajstić information content (AvgIpc) is 3.25. The van der Waals surface area contributed by atoms with Crippen LogP contribution in [0.4, 0.5) is 4.79 Å². The van der Waals surface area contributed by atoms with Crippen molar-refractivity contribution in [3.05, 3.63) is 65.1 Å². The van der Waals surface area contributed by atoms with Gasteiger partial charge >= 0.3 is 12.0 Å². The maximum atomic E-state index is 12.5. The number of aliphatic imine (C=N–C) groups is 2. The van der Waals surface area contributed by atoms with Gasteiger partial charge < -0.3 is 10.0 Å². The molecule has 0 saturated carbocycles. The van der Waals surface area contributed by atoms with Crippen LogP contribution in [0.5, 0.6) is 0 Å². The number of carboxylic acids is 1. The smallest absolute Gasteiger partial charge is 0.356 e. The van der Waals surface area contributed by atoms with Crippen LogP contribution in [-0.2, 0) is 13.0 Å². The van der Waals surface area contributed by atoms with E-state index in [9.17, 15) is 9.59 Å². The third kappa shape index (κ3) is 6.19. The summed E-state index contributed by atoms with van der Waals surface area (Å²) < 4.78 is 1.09. The third-order valence-corrected chi connectivity index (χ3v) is 4.97. The van der Waals surface area contributed by atoms with Crippen LogP contribution >= 0.6 is 0 Å². The Labute approximate surface area is 181 Å². The molecule has 1 aliphatic rings. The minimum Gasteiger partial charge on any atom is -0.476 e. The Balaban J connectivity index is 1.53. The highest BCUT2D eigenvalue weighted by atomic mass is 16.4. The standard InChI is InChI=1S/C22H26N6O3/c1-17(14-24-16-23-2)12-18-4-3-5-19(13-18)15-26-8-10-27(11-9-26)22(31)28-7-6-20(25-28)21(29)30/h3-7,13-14,16H,2,8-12,15H2,1H3,(H,29,30)/b17-14+,24-16?. The molecule has 1 aromatic heterocycles. The highest BCUT2D eigenvalue weighted by molar-refractivity contribution is 5.86. The Bertz CT molecular complexity index is 1000. The first-order valence-corrected chi connectivity index (χ1v) is 9.98. The Kier molecular flexibility index (Phi) is 7.45. The molecule has 162 valence electrons. The molecule has 1 aromatic carbocycles. The van der Waals surface area contributed by atoms with Crippen molar-refractivity contribution in [1.29, 1.82) is 0 Å². The zero-order chi connectivity index (χ0) is 22.2. The number of carbonyl (C=O) groups excluding carboxylic acids is 1. The van der Waals surface area contributed by atoms with Crippen molar-refractivity contribution in [2.75, 3.05) is 26.2 Å². The molecule has 31 heavy (non-hydrogen) atoms. The molecule has 1 amide bonds. The van der Waals surface area contributed by atoms with Gasteiger partial charge in [-0.05, 0) is 37.3 Å². The van der Waals surface area contributed by atoms with Crippen molar-refractivity contribution in [3.63, 3.8) is 0 Å². The molecule has 2 heterocycles. The van der Waals surface area contributed by atoms with Gasteiger partial charge in [0.05, 0.1) is 0 Å². The number of benzene rings is 1. The predicted octanol–water partition coefficient (Wildman–Crippen LogP) is 2.54. The normalized spacial score (nSPS) is 15.4. The molecule has 9 heteroatoms. The molecule has 0 bridgehead atoms. The first-order valence-electron chi connectivity index (χ1n) is 9.98. The Morgan fingerprint density at radius 2 is 1.94 bits per heavy atom. The van der Waals surface area contributed by atoms with E-state index in [0.29, 0.717) is 13.1 Å². The topological polar surface area (TPSA) is 103 Å². The first-order chi connectivity index (χ1) is 15.0. The third-order valence-electron chi connectivity index (χ3n) is 4.97. The Morgan fingerprint density at radius 1 is 1.19 bits per heavy atom. The van der Waals surface area contributed by atoms with Gasteiger partial charge in [-0.3, -0.25) is 9.89 Å². The van der Waals surface area contributed by atoms with Crippen molar-refractivity contribution < 1.29 is 14.7 Å². The fourth-order valence-electron chi connectivity index (χ4n) is 3.46. The number of nitrogens with zero attached hydrogens (tertiary/aromatic N) is 6. The predicted molar refractivity (Wildman–Crippen MR) is 119 cm³/mol. The maximum Gasteiger partial charge on any atom is 0.356 e. The molecule has 0 atom stereocenters. The molecule has 2 aromatic rings. The number of carbonyl (C=O) groups is 2. The van der Waals surface area contributed by atoms with E-state index in [4.69, 9.17) is 5.11 Å². The van der Waals surface area contributed by atoms with Gasteiger partial charge in [0.1, 0.15) is 6.34 Å².